The van der Waals surface area contributed by atoms with E-state index in [1.165, 1.54) is 32.0 Å². The van der Waals surface area contributed by atoms with Gasteiger partial charge in [-0.15, -0.1) is 0 Å². The molecule has 0 bridgehead atoms. The zero-order valence-electron chi connectivity index (χ0n) is 18.9. The fraction of sp³-hybridized carbons (Fsp3) is 0.154. The molecule has 0 saturated heterocycles. The highest BCUT2D eigenvalue weighted by Gasteiger charge is 2.19. The summed E-state index contributed by atoms with van der Waals surface area (Å²) in [5.41, 5.74) is 2.30. The largest absolute Gasteiger partial charge is 0.452 e. The molecule has 0 saturated carbocycles. The quantitative estimate of drug-likeness (QED) is 0.496. The molecule has 0 heterocycles. The second-order valence-electron chi connectivity index (χ2n) is 7.54. The zero-order chi connectivity index (χ0) is 24.5. The molecule has 34 heavy (non-hydrogen) atoms. The Labute approximate surface area is 197 Å². The fourth-order valence-electron chi connectivity index (χ4n) is 3.28. The van der Waals surface area contributed by atoms with Gasteiger partial charge in [-0.05, 0) is 35.9 Å². The molecule has 0 aliphatic heterocycles. The number of carbonyl (C=O) groups excluding carboxylic acids is 4. The van der Waals surface area contributed by atoms with Crippen molar-refractivity contribution in [1.82, 2.24) is 0 Å². The van der Waals surface area contributed by atoms with Gasteiger partial charge < -0.3 is 20.3 Å². The molecular weight excluding hydrogens is 434 g/mol. The van der Waals surface area contributed by atoms with Crippen LogP contribution in [0.3, 0.4) is 0 Å². The van der Waals surface area contributed by atoms with Gasteiger partial charge in [-0.1, -0.05) is 48.5 Å². The number of para-hydroxylation sites is 1. The van der Waals surface area contributed by atoms with Crippen LogP contribution in [0.5, 0.6) is 0 Å². The van der Waals surface area contributed by atoms with Crippen molar-refractivity contribution >= 4 is 40.8 Å². The molecule has 174 valence electrons. The van der Waals surface area contributed by atoms with Gasteiger partial charge in [0, 0.05) is 30.9 Å². The lowest BCUT2D eigenvalue weighted by Gasteiger charge is -2.23. The molecule has 2 N–H and O–H groups in total. The summed E-state index contributed by atoms with van der Waals surface area (Å²) in [4.78, 5) is 50.2. The van der Waals surface area contributed by atoms with E-state index in [-0.39, 0.29) is 17.4 Å². The van der Waals surface area contributed by atoms with E-state index in [1.54, 1.807) is 17.0 Å². The average Bonchev–Trinajstić information content (AvgIpc) is 2.81. The standard InChI is InChI=1S/C26H25N3O5/c1-18(30)27-22-13-21(14-23(15-22)28-19(2)31)26(33)34-17-25(32)29(24-11-7-4-8-12-24)16-20-9-5-3-6-10-20/h3-15H,16-17H2,1-2H3,(H,27,30)(H,28,31). The Hall–Kier alpha value is -4.46. The summed E-state index contributed by atoms with van der Waals surface area (Å²) >= 11 is 0. The second kappa shape index (κ2) is 11.4. The summed E-state index contributed by atoms with van der Waals surface area (Å²) in [5, 5.41) is 5.14. The number of nitrogens with zero attached hydrogens (tertiary/aromatic N) is 1. The normalized spacial score (nSPS) is 10.2. The van der Waals surface area contributed by atoms with Crippen molar-refractivity contribution in [3.63, 3.8) is 0 Å². The van der Waals surface area contributed by atoms with Crippen LogP contribution in [0.2, 0.25) is 0 Å². The third-order valence-corrected chi connectivity index (χ3v) is 4.69. The molecule has 0 aromatic heterocycles. The number of esters is 1. The lowest BCUT2D eigenvalue weighted by Crippen LogP contribution is -2.34. The van der Waals surface area contributed by atoms with Gasteiger partial charge in [-0.3, -0.25) is 14.4 Å². The number of anilines is 3. The van der Waals surface area contributed by atoms with Crippen molar-refractivity contribution in [2.45, 2.75) is 20.4 Å². The van der Waals surface area contributed by atoms with Gasteiger partial charge in [-0.25, -0.2) is 4.79 Å². The highest BCUT2D eigenvalue weighted by molar-refractivity contribution is 6.00. The van der Waals surface area contributed by atoms with Crippen molar-refractivity contribution in [3.8, 4) is 0 Å². The monoisotopic (exact) mass is 459 g/mol. The van der Waals surface area contributed by atoms with E-state index >= 15 is 0 Å². The van der Waals surface area contributed by atoms with Crippen LogP contribution in [0.4, 0.5) is 17.1 Å². The number of carbonyl (C=O) groups is 4. The van der Waals surface area contributed by atoms with Gasteiger partial charge in [0.2, 0.25) is 11.8 Å². The van der Waals surface area contributed by atoms with Crippen molar-refractivity contribution < 1.29 is 23.9 Å². The molecule has 0 unspecified atom stereocenters. The summed E-state index contributed by atoms with van der Waals surface area (Å²) in [5.74, 6) is -1.84. The van der Waals surface area contributed by atoms with Crippen LogP contribution >= 0.6 is 0 Å². The number of hydrogen-bond acceptors (Lipinski definition) is 5. The molecule has 0 spiro atoms. The highest BCUT2D eigenvalue weighted by atomic mass is 16.5. The molecule has 3 aromatic carbocycles. The first kappa shape index (κ1) is 24.2. The van der Waals surface area contributed by atoms with E-state index in [0.29, 0.717) is 23.6 Å². The molecule has 3 amide bonds. The van der Waals surface area contributed by atoms with E-state index in [1.807, 2.05) is 48.5 Å². The first-order valence-electron chi connectivity index (χ1n) is 10.6. The third kappa shape index (κ3) is 7.03. The first-order valence-corrected chi connectivity index (χ1v) is 10.6. The second-order valence-corrected chi connectivity index (χ2v) is 7.54. The van der Waals surface area contributed by atoms with Gasteiger partial charge in [0.05, 0.1) is 12.1 Å². The average molecular weight is 460 g/mol. The van der Waals surface area contributed by atoms with Crippen molar-refractivity contribution in [2.75, 3.05) is 22.1 Å². The molecular formula is C26H25N3O5. The molecule has 3 aromatic rings. The maximum atomic E-state index is 13.0. The molecule has 0 aliphatic rings. The lowest BCUT2D eigenvalue weighted by atomic mass is 10.1. The van der Waals surface area contributed by atoms with Crippen LogP contribution in [0.15, 0.2) is 78.9 Å². The van der Waals surface area contributed by atoms with Crippen LogP contribution in [-0.2, 0) is 25.7 Å². The summed E-state index contributed by atoms with van der Waals surface area (Å²) in [6, 6.07) is 22.9. The number of nitrogens with one attached hydrogen (secondary N) is 2. The Morgan fingerprint density at radius 3 is 1.82 bits per heavy atom. The predicted molar refractivity (Wildman–Crippen MR) is 129 cm³/mol. The SMILES string of the molecule is CC(=O)Nc1cc(NC(C)=O)cc(C(=O)OCC(=O)N(Cc2ccccc2)c2ccccc2)c1. The van der Waals surface area contributed by atoms with Gasteiger partial charge in [0.15, 0.2) is 6.61 Å². The molecule has 0 fully saturated rings. The number of rotatable bonds is 8. The van der Waals surface area contributed by atoms with Gasteiger partial charge >= 0.3 is 5.97 Å². The maximum absolute atomic E-state index is 13.0. The minimum Gasteiger partial charge on any atom is -0.452 e. The van der Waals surface area contributed by atoms with E-state index in [2.05, 4.69) is 10.6 Å². The van der Waals surface area contributed by atoms with Gasteiger partial charge in [0.1, 0.15) is 0 Å². The lowest BCUT2D eigenvalue weighted by molar-refractivity contribution is -0.121. The maximum Gasteiger partial charge on any atom is 0.338 e. The minimum absolute atomic E-state index is 0.0807. The number of amides is 3. The first-order chi connectivity index (χ1) is 16.3. The molecule has 3 rings (SSSR count). The summed E-state index contributed by atoms with van der Waals surface area (Å²) in [6.45, 7) is 2.48. The summed E-state index contributed by atoms with van der Waals surface area (Å²) < 4.78 is 5.29. The molecule has 0 aliphatic carbocycles. The minimum atomic E-state index is -0.764. The summed E-state index contributed by atoms with van der Waals surface area (Å²) in [6.07, 6.45) is 0. The molecule has 0 radical (unpaired) electrons. The Kier molecular flexibility index (Phi) is 8.12. The molecule has 8 nitrogen and oxygen atoms in total. The number of benzene rings is 3. The van der Waals surface area contributed by atoms with Crippen molar-refractivity contribution in [2.24, 2.45) is 0 Å². The van der Waals surface area contributed by atoms with Crippen LogP contribution in [0, 0.1) is 0 Å². The Morgan fingerprint density at radius 1 is 0.765 bits per heavy atom. The number of ether oxygens (including phenoxy) is 1. The fourth-order valence-corrected chi connectivity index (χ4v) is 3.28. The zero-order valence-corrected chi connectivity index (χ0v) is 18.9. The van der Waals surface area contributed by atoms with Crippen LogP contribution in [-0.4, -0.2) is 30.3 Å². The van der Waals surface area contributed by atoms with E-state index < -0.39 is 18.5 Å². The van der Waals surface area contributed by atoms with Crippen LogP contribution in [0.1, 0.15) is 29.8 Å². The Morgan fingerprint density at radius 2 is 1.29 bits per heavy atom. The van der Waals surface area contributed by atoms with Gasteiger partial charge in [-0.2, -0.15) is 0 Å². The third-order valence-electron chi connectivity index (χ3n) is 4.69. The molecule has 0 atom stereocenters. The highest BCUT2D eigenvalue weighted by Crippen LogP contribution is 2.21. The van der Waals surface area contributed by atoms with E-state index in [0.717, 1.165) is 5.56 Å². The van der Waals surface area contributed by atoms with Crippen LogP contribution < -0.4 is 15.5 Å². The molecule has 8 heteroatoms. The Bertz CT molecular complexity index is 1150. The number of hydrogen-bond donors (Lipinski definition) is 2. The summed E-state index contributed by atoms with van der Waals surface area (Å²) in [7, 11) is 0. The topological polar surface area (TPSA) is 105 Å². The van der Waals surface area contributed by atoms with Gasteiger partial charge in [0.25, 0.3) is 5.91 Å². The van der Waals surface area contributed by atoms with E-state index in [9.17, 15) is 19.2 Å². The van der Waals surface area contributed by atoms with Crippen LogP contribution in [0.25, 0.3) is 0 Å². The Balaban J connectivity index is 1.76. The van der Waals surface area contributed by atoms with Crippen molar-refractivity contribution in [3.05, 3.63) is 90.0 Å². The smallest absolute Gasteiger partial charge is 0.338 e. The van der Waals surface area contributed by atoms with Crippen molar-refractivity contribution in [1.29, 1.82) is 0 Å². The predicted octanol–water partition coefficient (Wildman–Crippen LogP) is 3.99. The van der Waals surface area contributed by atoms with E-state index in [4.69, 9.17) is 4.74 Å².